The van der Waals surface area contributed by atoms with Gasteiger partial charge in [0.15, 0.2) is 5.82 Å². The van der Waals surface area contributed by atoms with Crippen LogP contribution in [-0.4, -0.2) is 127 Å². The lowest BCUT2D eigenvalue weighted by molar-refractivity contribution is -0.125. The number of halogens is 3. The minimum Gasteiger partial charge on any atom is -0.496 e. The molecule has 0 bridgehead atoms. The van der Waals surface area contributed by atoms with Crippen LogP contribution in [0.1, 0.15) is 81.6 Å². The van der Waals surface area contributed by atoms with Gasteiger partial charge in [-0.05, 0) is 87.0 Å². The van der Waals surface area contributed by atoms with Crippen molar-refractivity contribution in [3.8, 4) is 22.6 Å². The quantitative estimate of drug-likeness (QED) is 0.0805. The first kappa shape index (κ1) is 46.9. The highest BCUT2D eigenvalue weighted by molar-refractivity contribution is 7.90. The third kappa shape index (κ3) is 8.76. The fourth-order valence-electron chi connectivity index (χ4n) is 10.3. The number of nitrogens with one attached hydrogen (secondary N) is 3. The third-order valence-corrected chi connectivity index (χ3v) is 15.8. The van der Waals surface area contributed by atoms with E-state index < -0.39 is 75.4 Å². The van der Waals surface area contributed by atoms with Gasteiger partial charge in [0, 0.05) is 98.0 Å². The number of H-pyrrole nitrogens is 1. The largest absolute Gasteiger partial charge is 0.496 e. The molecule has 1 saturated carbocycles. The van der Waals surface area contributed by atoms with Gasteiger partial charge in [-0.25, -0.2) is 18.2 Å². The first-order valence-corrected chi connectivity index (χ1v) is 24.7. The molecule has 0 radical (unpaired) electrons. The van der Waals surface area contributed by atoms with Crippen LogP contribution in [0.3, 0.4) is 0 Å². The second-order valence-electron chi connectivity index (χ2n) is 18.7. The highest BCUT2D eigenvalue weighted by atomic mass is 32.2. The summed E-state index contributed by atoms with van der Waals surface area (Å²) in [6.45, 7) is 5.99. The maximum atomic E-state index is 15.8. The SMILES string of the molecule is C=C1CCC(N2C(=O)c3cc(OC4CC(N(C)CC5CCN(c6ccc(-c7cnc8[nH]cc(C(=O)c9c(F)ccc(NS(=O)(=O)N%10CC[C@@H](F)C%10)c9F)c8c7)cc6)CC5)C4)cc(OC)c3C2=O)C(=O)N1. The number of methoxy groups -OCH3 is 1. The predicted octanol–water partition coefficient (Wildman–Crippen LogP) is 6.59. The Kier molecular flexibility index (Phi) is 12.4. The molecule has 1 unspecified atom stereocenters. The number of aromatic amines is 1. The summed E-state index contributed by atoms with van der Waals surface area (Å²) in [5.74, 6) is -3.96. The van der Waals surface area contributed by atoms with E-state index in [9.17, 15) is 32.0 Å². The first-order chi connectivity index (χ1) is 33.6. The summed E-state index contributed by atoms with van der Waals surface area (Å²) in [7, 11) is -0.793. The zero-order valence-electron chi connectivity index (χ0n) is 38.5. The highest BCUT2D eigenvalue weighted by Gasteiger charge is 2.46. The Hall–Kier alpha value is -6.77. The van der Waals surface area contributed by atoms with Gasteiger partial charge in [0.25, 0.3) is 11.8 Å². The number of nitrogens with zero attached hydrogens (tertiary/aromatic N) is 5. The van der Waals surface area contributed by atoms with Crippen LogP contribution in [0.15, 0.2) is 79.3 Å². The zero-order valence-corrected chi connectivity index (χ0v) is 39.3. The van der Waals surface area contributed by atoms with E-state index in [2.05, 4.69) is 38.7 Å². The molecule has 20 heteroatoms. The van der Waals surface area contributed by atoms with Crippen molar-refractivity contribution in [1.29, 1.82) is 0 Å². The Labute approximate surface area is 402 Å². The molecule has 0 spiro atoms. The number of aromatic nitrogens is 2. The van der Waals surface area contributed by atoms with Gasteiger partial charge in [0.1, 0.15) is 41.3 Å². The molecule has 5 aliphatic rings. The van der Waals surface area contributed by atoms with Gasteiger partial charge in [0.05, 0.1) is 29.5 Å². The van der Waals surface area contributed by atoms with E-state index in [1.54, 1.807) is 24.4 Å². The van der Waals surface area contributed by atoms with E-state index in [-0.39, 0.29) is 41.5 Å². The van der Waals surface area contributed by atoms with E-state index in [1.165, 1.54) is 13.3 Å². The molecule has 3 saturated heterocycles. The van der Waals surface area contributed by atoms with Gasteiger partial charge in [-0.1, -0.05) is 18.7 Å². The molecular formula is C50H51F3N8O8S. The number of carbonyl (C=O) groups excluding carboxylic acids is 4. The lowest BCUT2D eigenvalue weighted by Gasteiger charge is -2.43. The van der Waals surface area contributed by atoms with Crippen molar-refractivity contribution in [1.82, 2.24) is 29.4 Å². The average molecular weight is 981 g/mol. The molecule has 2 atom stereocenters. The van der Waals surface area contributed by atoms with Gasteiger partial charge in [-0.3, -0.25) is 28.8 Å². The number of fused-ring (bicyclic) bond motifs is 2. The number of ether oxygens (including phenoxy) is 2. The number of rotatable bonds is 14. The Bertz CT molecular complexity index is 3060. The van der Waals surface area contributed by atoms with Crippen molar-refractivity contribution in [2.24, 2.45) is 5.92 Å². The topological polar surface area (TPSA) is 187 Å². The molecule has 366 valence electrons. The molecule has 16 nitrogen and oxygen atoms in total. The van der Waals surface area contributed by atoms with Crippen molar-refractivity contribution in [3.63, 3.8) is 0 Å². The summed E-state index contributed by atoms with van der Waals surface area (Å²) in [4.78, 5) is 66.5. The van der Waals surface area contributed by atoms with Gasteiger partial charge >= 0.3 is 10.2 Å². The molecular weight excluding hydrogens is 930 g/mol. The Morgan fingerprint density at radius 3 is 2.43 bits per heavy atom. The van der Waals surface area contributed by atoms with Crippen LogP contribution < -0.4 is 24.4 Å². The number of alkyl halides is 1. The van der Waals surface area contributed by atoms with Crippen LogP contribution in [0.5, 0.6) is 11.5 Å². The van der Waals surface area contributed by atoms with Crippen molar-refractivity contribution >= 4 is 56.1 Å². The molecule has 2 aromatic heterocycles. The van der Waals surface area contributed by atoms with E-state index >= 15 is 8.78 Å². The number of amides is 3. The number of carbonyl (C=O) groups is 4. The molecule has 3 N–H and O–H groups in total. The maximum Gasteiger partial charge on any atom is 0.301 e. The Balaban J connectivity index is 0.724. The summed E-state index contributed by atoms with van der Waals surface area (Å²) in [5.41, 5.74) is 2.07. The molecule has 6 heterocycles. The van der Waals surface area contributed by atoms with Gasteiger partial charge < -0.3 is 29.6 Å². The monoisotopic (exact) mass is 980 g/mol. The molecule has 4 fully saturated rings. The summed E-state index contributed by atoms with van der Waals surface area (Å²) < 4.78 is 85.0. The van der Waals surface area contributed by atoms with Crippen molar-refractivity contribution < 1.29 is 50.2 Å². The normalized spacial score (nSPS) is 22.1. The number of anilines is 2. The summed E-state index contributed by atoms with van der Waals surface area (Å²) in [6.07, 6.45) is 5.90. The summed E-state index contributed by atoms with van der Waals surface area (Å²) in [6, 6.07) is 14.0. The molecule has 10 rings (SSSR count). The van der Waals surface area contributed by atoms with Crippen molar-refractivity contribution in [3.05, 3.63) is 113 Å². The van der Waals surface area contributed by atoms with E-state index in [0.29, 0.717) is 52.8 Å². The number of allylic oxidation sites excluding steroid dienone is 1. The van der Waals surface area contributed by atoms with Crippen LogP contribution in [0.25, 0.3) is 22.2 Å². The molecule has 70 heavy (non-hydrogen) atoms. The number of ketones is 1. The smallest absolute Gasteiger partial charge is 0.301 e. The van der Waals surface area contributed by atoms with Crippen LogP contribution in [0.2, 0.25) is 0 Å². The van der Waals surface area contributed by atoms with Crippen LogP contribution in [0, 0.1) is 17.6 Å². The Morgan fingerprint density at radius 2 is 1.73 bits per heavy atom. The zero-order chi connectivity index (χ0) is 49.2. The first-order valence-electron chi connectivity index (χ1n) is 23.3. The molecule has 1 aliphatic carbocycles. The number of hydrogen-bond acceptors (Lipinski definition) is 11. The summed E-state index contributed by atoms with van der Waals surface area (Å²) in [5, 5.41) is 2.97. The molecule has 3 aromatic carbocycles. The fraction of sp³-hybridized carbons (Fsp3) is 0.380. The Morgan fingerprint density at radius 1 is 0.971 bits per heavy atom. The number of hydrogen-bond donors (Lipinski definition) is 3. The van der Waals surface area contributed by atoms with Gasteiger partial charge in [0.2, 0.25) is 11.7 Å². The standard InChI is InChI=1S/C50H51F3N8O8S/c1-27-4-11-41(48(63)56-27)61-49(64)37-21-35(22-42(68-3)43(37)50(61)65)69-34-19-33(20-34)58(2)25-28-12-15-59(16-13-28)32-7-5-29(6-8-32)30-18-36-38(24-55-47(36)54-23-30)46(62)44-39(52)9-10-40(45(44)53)57-70(66,67)60-17-14-31(51)26-60/h5-10,18,21-24,28,31,33-34,41,57H,1,4,11-17,19-20,25-26H2,2-3H3,(H,54,55)(H,56,63)/t31-,33?,34?,41?/m1/s1. The van der Waals surface area contributed by atoms with Crippen LogP contribution >= 0.6 is 0 Å². The van der Waals surface area contributed by atoms with E-state index in [4.69, 9.17) is 9.47 Å². The molecule has 4 aliphatic heterocycles. The fourth-order valence-corrected chi connectivity index (χ4v) is 11.5. The summed E-state index contributed by atoms with van der Waals surface area (Å²) >= 11 is 0. The van der Waals surface area contributed by atoms with Crippen molar-refractivity contribution in [2.75, 3.05) is 56.5 Å². The van der Waals surface area contributed by atoms with Crippen LogP contribution in [-0.2, 0) is 15.0 Å². The highest BCUT2D eigenvalue weighted by Crippen LogP contribution is 2.40. The lowest BCUT2D eigenvalue weighted by Crippen LogP contribution is -2.51. The number of pyridine rings is 1. The lowest BCUT2D eigenvalue weighted by atomic mass is 9.86. The number of imide groups is 1. The molecule has 3 amide bonds. The minimum absolute atomic E-state index is 0.00239. The second-order valence-corrected chi connectivity index (χ2v) is 20.4. The minimum atomic E-state index is -4.37. The van der Waals surface area contributed by atoms with E-state index in [0.717, 1.165) is 77.9 Å². The maximum absolute atomic E-state index is 15.8. The number of benzene rings is 3. The van der Waals surface area contributed by atoms with E-state index in [1.807, 2.05) is 29.0 Å². The van der Waals surface area contributed by atoms with Crippen molar-refractivity contribution in [2.45, 2.75) is 69.3 Å². The number of piperidine rings is 2. The molecule has 5 aromatic rings. The van der Waals surface area contributed by atoms with Gasteiger partial charge in [-0.2, -0.15) is 12.7 Å². The third-order valence-electron chi connectivity index (χ3n) is 14.3. The average Bonchev–Trinajstić information content (AvgIpc) is 4.04. The predicted molar refractivity (Wildman–Crippen MR) is 254 cm³/mol. The van der Waals surface area contributed by atoms with Crippen LogP contribution in [0.4, 0.5) is 24.5 Å². The van der Waals surface area contributed by atoms with Gasteiger partial charge in [-0.15, -0.1) is 0 Å². The second kappa shape index (κ2) is 18.5.